The van der Waals surface area contributed by atoms with E-state index in [9.17, 15) is 22.8 Å². The summed E-state index contributed by atoms with van der Waals surface area (Å²) in [5.41, 5.74) is 2.28. The number of para-hydroxylation sites is 1. The number of aromatic nitrogens is 1. The zero-order valence-corrected chi connectivity index (χ0v) is 38.7. The lowest BCUT2D eigenvalue weighted by Gasteiger charge is -2.31. The monoisotopic (exact) mass is 906 g/mol. The average molecular weight is 907 g/mol. The maximum Gasteiger partial charge on any atom is 0.306 e. The van der Waals surface area contributed by atoms with Gasteiger partial charge in [0, 0.05) is 24.8 Å². The number of nitrogens with one attached hydrogen (secondary N) is 1. The highest BCUT2D eigenvalue weighted by molar-refractivity contribution is 7.91. The van der Waals surface area contributed by atoms with Crippen molar-refractivity contribution in [1.82, 2.24) is 19.5 Å². The number of allylic oxidation sites excluding steroid dienone is 2. The molecule has 1 N–H and O–H groups in total. The van der Waals surface area contributed by atoms with Gasteiger partial charge in [0.1, 0.15) is 18.0 Å². The van der Waals surface area contributed by atoms with E-state index in [0.29, 0.717) is 55.0 Å². The van der Waals surface area contributed by atoms with Gasteiger partial charge < -0.3 is 24.0 Å². The van der Waals surface area contributed by atoms with Crippen LogP contribution < -0.4 is 14.2 Å². The van der Waals surface area contributed by atoms with Crippen LogP contribution in [0.25, 0.3) is 17.0 Å². The first-order chi connectivity index (χ1) is 31.2. The van der Waals surface area contributed by atoms with Crippen LogP contribution >= 0.6 is 0 Å². The average Bonchev–Trinajstić information content (AvgIpc) is 4.23. The van der Waals surface area contributed by atoms with Gasteiger partial charge in [-0.05, 0) is 132 Å². The number of fused-ring (bicyclic) bond motifs is 6. The zero-order chi connectivity index (χ0) is 45.7. The number of ether oxygens (including phenoxy) is 3. The Morgan fingerprint density at radius 2 is 1.75 bits per heavy atom. The fourth-order valence-electron chi connectivity index (χ4n) is 10.4. The molecule has 0 unspecified atom stereocenters. The molecule has 3 saturated carbocycles. The number of benzene rings is 2. The number of hydrogen-bond acceptors (Lipinski definition) is 11. The number of rotatable bonds is 13. The molecular formula is C51H62N4O9S. The first-order valence-corrected chi connectivity index (χ1v) is 25.0. The smallest absolute Gasteiger partial charge is 0.306 e. The number of ketones is 1. The van der Waals surface area contributed by atoms with Crippen molar-refractivity contribution in [2.24, 2.45) is 29.1 Å². The number of amides is 2. The molecule has 6 aliphatic rings. The van der Waals surface area contributed by atoms with E-state index in [4.69, 9.17) is 19.2 Å². The van der Waals surface area contributed by atoms with Crippen molar-refractivity contribution >= 4 is 50.6 Å². The van der Waals surface area contributed by atoms with Crippen molar-refractivity contribution in [2.45, 2.75) is 113 Å². The van der Waals surface area contributed by atoms with Gasteiger partial charge >= 0.3 is 5.97 Å². The number of esters is 1. The lowest BCUT2D eigenvalue weighted by Crippen LogP contribution is -2.48. The van der Waals surface area contributed by atoms with Crippen molar-refractivity contribution in [3.8, 4) is 11.6 Å². The molecule has 1 saturated heterocycles. The van der Waals surface area contributed by atoms with Crippen molar-refractivity contribution in [3.05, 3.63) is 84.0 Å². The second-order valence-electron chi connectivity index (χ2n) is 20.0. The minimum absolute atomic E-state index is 0.0264. The molecule has 13 nitrogen and oxygen atoms in total. The van der Waals surface area contributed by atoms with Gasteiger partial charge in [-0.3, -0.25) is 23.9 Å². The van der Waals surface area contributed by atoms with Crippen molar-refractivity contribution in [2.75, 3.05) is 33.8 Å². The van der Waals surface area contributed by atoms with Gasteiger partial charge in [0.15, 0.2) is 5.78 Å². The van der Waals surface area contributed by atoms with Gasteiger partial charge in [-0.2, -0.15) is 0 Å². The molecule has 2 aliphatic heterocycles. The number of carbonyl (C=O) groups excluding carboxylic acids is 4. The van der Waals surface area contributed by atoms with Crippen LogP contribution in [0.5, 0.6) is 11.6 Å². The first kappa shape index (κ1) is 45.1. The van der Waals surface area contributed by atoms with Crippen LogP contribution in [0.2, 0.25) is 0 Å². The molecule has 0 spiro atoms. The highest BCUT2D eigenvalue weighted by Crippen LogP contribution is 2.57. The van der Waals surface area contributed by atoms with Crippen LogP contribution in [-0.4, -0.2) is 104 Å². The molecule has 1 aromatic heterocycles. The third kappa shape index (κ3) is 9.35. The summed E-state index contributed by atoms with van der Waals surface area (Å²) < 4.78 is 47.4. The number of sulfonamides is 1. The number of nitrogens with zero attached hydrogens (tertiary/aromatic N) is 3. The molecule has 14 heteroatoms. The summed E-state index contributed by atoms with van der Waals surface area (Å²) >= 11 is 0. The van der Waals surface area contributed by atoms with Gasteiger partial charge in [0.25, 0.3) is 0 Å². The van der Waals surface area contributed by atoms with E-state index in [1.165, 1.54) is 0 Å². The molecule has 4 fully saturated rings. The Morgan fingerprint density at radius 3 is 2.46 bits per heavy atom. The second kappa shape index (κ2) is 18.0. The quantitative estimate of drug-likeness (QED) is 0.112. The second-order valence-corrected chi connectivity index (χ2v) is 22.2. The third-order valence-electron chi connectivity index (χ3n) is 15.0. The molecule has 3 heterocycles. The van der Waals surface area contributed by atoms with Gasteiger partial charge in [-0.15, -0.1) is 6.58 Å². The normalized spacial score (nSPS) is 28.5. The van der Waals surface area contributed by atoms with Crippen LogP contribution in [0, 0.1) is 29.1 Å². The van der Waals surface area contributed by atoms with Crippen LogP contribution in [0.3, 0.4) is 0 Å². The van der Waals surface area contributed by atoms with Gasteiger partial charge in [-0.25, -0.2) is 13.4 Å². The largest absolute Gasteiger partial charge is 0.492 e. The highest BCUT2D eigenvalue weighted by Gasteiger charge is 2.62. The van der Waals surface area contributed by atoms with Crippen LogP contribution in [0.1, 0.15) is 94.2 Å². The fourth-order valence-corrected chi connectivity index (χ4v) is 11.8. The Labute approximate surface area is 382 Å². The molecule has 3 aromatic rings. The Hall–Kier alpha value is -5.08. The standard InChI is InChI=1S/C51H62N4O9S/c1-5-36-29-51(36,49(59)53-65(60,61)50(2)20-21-50)30-43(56)42-27-37-31-55(42)48(58)40(35-24-32-14-9-10-15-33(32)25-35)28-45(57)64-44-26-34(44)16-7-6-8-18-39-46(62-23-13-22-54(3)4)38-17-11-12-19-41(38)52-47(39)63-37/h5,8-12,14-15,17-19,34-37,40,42,44H,1,6-7,13,16,20-31H2,2-4H3,(H,53,59)/t34-,36-,37-,40+,42+,44-,51-/m1/s1. The molecule has 2 aromatic carbocycles. The van der Waals surface area contributed by atoms with E-state index in [1.54, 1.807) is 17.9 Å². The number of hydrogen-bond donors (Lipinski definition) is 1. The minimum atomic E-state index is -3.98. The topological polar surface area (TPSA) is 162 Å². The lowest BCUT2D eigenvalue weighted by atomic mass is 9.85. The predicted molar refractivity (Wildman–Crippen MR) is 246 cm³/mol. The SMILES string of the molecule is C=C[C@@H]1C[C@]1(CC(=O)[C@@H]1C[C@@H]2CN1C(=O)[C@H](C1Cc3ccccc3C1)CC(=O)O[C@@H]1C[C@H]1CCCC=Cc1c(nc3ccccc3c1OCCCN(C)C)O2)C(=O)NS(=O)(=O)C1(C)CC1. The molecule has 9 rings (SSSR count). The van der Waals surface area contributed by atoms with Crippen LogP contribution in [-0.2, 0) is 46.8 Å². The number of Topliss-reactive ketones (excluding diaryl/α,β-unsaturated/α-hetero) is 1. The minimum Gasteiger partial charge on any atom is -0.492 e. The van der Waals surface area contributed by atoms with Crippen LogP contribution in [0.15, 0.2) is 67.3 Å². The van der Waals surface area contributed by atoms with E-state index < -0.39 is 56.0 Å². The molecular weight excluding hydrogens is 845 g/mol. The summed E-state index contributed by atoms with van der Waals surface area (Å²) in [6.07, 6.45) is 11.0. The van der Waals surface area contributed by atoms with Crippen molar-refractivity contribution in [1.29, 1.82) is 0 Å². The number of carbonyl (C=O) groups is 4. The van der Waals surface area contributed by atoms with Crippen LogP contribution in [0.4, 0.5) is 0 Å². The molecule has 0 radical (unpaired) electrons. The van der Waals surface area contributed by atoms with E-state index in [1.807, 2.05) is 56.6 Å². The Balaban J connectivity index is 1.08. The Morgan fingerprint density at radius 1 is 1.02 bits per heavy atom. The molecule has 346 valence electrons. The number of pyridine rings is 1. The van der Waals surface area contributed by atoms with Gasteiger partial charge in [0.2, 0.25) is 27.7 Å². The molecule has 4 aliphatic carbocycles. The van der Waals surface area contributed by atoms with E-state index in [0.717, 1.165) is 55.2 Å². The Kier molecular flexibility index (Phi) is 12.5. The first-order valence-electron chi connectivity index (χ1n) is 23.5. The van der Waals surface area contributed by atoms with Gasteiger partial charge in [-0.1, -0.05) is 48.6 Å². The van der Waals surface area contributed by atoms with Crippen molar-refractivity contribution in [3.63, 3.8) is 0 Å². The molecule has 2 bridgehead atoms. The third-order valence-corrected chi connectivity index (χ3v) is 17.1. The zero-order valence-electron chi connectivity index (χ0n) is 37.8. The summed E-state index contributed by atoms with van der Waals surface area (Å²) in [6, 6.07) is 14.8. The summed E-state index contributed by atoms with van der Waals surface area (Å²) in [7, 11) is 0.0696. The summed E-state index contributed by atoms with van der Waals surface area (Å²) in [5, 5.41) is 0.841. The summed E-state index contributed by atoms with van der Waals surface area (Å²) in [4.78, 5) is 66.9. The van der Waals surface area contributed by atoms with E-state index in [-0.39, 0.29) is 61.9 Å². The molecule has 2 amide bonds. The predicted octanol–water partition coefficient (Wildman–Crippen LogP) is 6.61. The maximum absolute atomic E-state index is 15.4. The van der Waals surface area contributed by atoms with E-state index >= 15 is 4.79 Å². The lowest BCUT2D eigenvalue weighted by molar-refractivity contribution is -0.152. The van der Waals surface area contributed by atoms with Gasteiger partial charge in [0.05, 0.1) is 52.8 Å². The summed E-state index contributed by atoms with van der Waals surface area (Å²) in [5.74, 6) is -2.05. The maximum atomic E-state index is 15.4. The molecule has 7 atom stereocenters. The van der Waals surface area contributed by atoms with E-state index in [2.05, 4.69) is 34.4 Å². The Bertz CT molecular complexity index is 2490. The van der Waals surface area contributed by atoms with Crippen molar-refractivity contribution < 1.29 is 41.8 Å². The fraction of sp³-hybridized carbons (Fsp3) is 0.549. The molecule has 65 heavy (non-hydrogen) atoms. The summed E-state index contributed by atoms with van der Waals surface area (Å²) in [6.45, 7) is 6.85. The highest BCUT2D eigenvalue weighted by atomic mass is 32.2.